The normalized spacial score (nSPS) is 14.1. The van der Waals surface area contributed by atoms with Gasteiger partial charge in [0.15, 0.2) is 0 Å². The average Bonchev–Trinajstić information content (AvgIpc) is 2.44. The molecule has 0 aliphatic carbocycles. The largest absolute Gasteiger partial charge is 0.370 e. The molecule has 1 N–H and O–H groups in total. The number of halogens is 1. The summed E-state index contributed by atoms with van der Waals surface area (Å²) >= 11 is 0. The van der Waals surface area contributed by atoms with E-state index < -0.39 is 0 Å². The van der Waals surface area contributed by atoms with E-state index in [9.17, 15) is 4.39 Å². The van der Waals surface area contributed by atoms with E-state index in [1.807, 2.05) is 24.1 Å². The molecule has 0 bridgehead atoms. The lowest BCUT2D eigenvalue weighted by molar-refractivity contribution is 0.556. The van der Waals surface area contributed by atoms with Crippen molar-refractivity contribution in [2.75, 3.05) is 18.5 Å². The molecular formula is C17H29FN2. The van der Waals surface area contributed by atoms with Crippen molar-refractivity contribution in [1.82, 2.24) is 5.32 Å². The molecule has 0 spiro atoms. The Balaban J connectivity index is 2.82. The van der Waals surface area contributed by atoms with Crippen LogP contribution in [0.25, 0.3) is 0 Å². The number of anilines is 1. The predicted molar refractivity (Wildman–Crippen MR) is 85.9 cm³/mol. The van der Waals surface area contributed by atoms with Crippen LogP contribution in [-0.2, 0) is 0 Å². The Labute approximate surface area is 123 Å². The summed E-state index contributed by atoms with van der Waals surface area (Å²) in [6.07, 6.45) is 3.28. The highest BCUT2D eigenvalue weighted by Crippen LogP contribution is 2.25. The predicted octanol–water partition coefficient (Wildman–Crippen LogP) is 4.51. The van der Waals surface area contributed by atoms with Crippen LogP contribution in [0.3, 0.4) is 0 Å². The Morgan fingerprint density at radius 3 is 2.45 bits per heavy atom. The summed E-state index contributed by atoms with van der Waals surface area (Å²) in [5.41, 5.74) is 1.70. The fourth-order valence-electron chi connectivity index (χ4n) is 2.41. The van der Waals surface area contributed by atoms with Crippen molar-refractivity contribution < 1.29 is 4.39 Å². The molecule has 3 heteroatoms. The number of nitrogens with zero attached hydrogens (tertiary/aromatic N) is 1. The van der Waals surface area contributed by atoms with E-state index in [-0.39, 0.29) is 11.9 Å². The maximum absolute atomic E-state index is 14.3. The quantitative estimate of drug-likeness (QED) is 0.753. The van der Waals surface area contributed by atoms with Gasteiger partial charge in [-0.15, -0.1) is 0 Å². The van der Waals surface area contributed by atoms with Gasteiger partial charge in [0.25, 0.3) is 0 Å². The number of nitrogens with one attached hydrogen (secondary N) is 1. The van der Waals surface area contributed by atoms with Gasteiger partial charge in [0.05, 0.1) is 5.69 Å². The van der Waals surface area contributed by atoms with E-state index in [0.717, 1.165) is 31.4 Å². The minimum absolute atomic E-state index is 0.127. The first-order chi connectivity index (χ1) is 9.51. The van der Waals surface area contributed by atoms with Gasteiger partial charge < -0.3 is 10.2 Å². The van der Waals surface area contributed by atoms with Crippen molar-refractivity contribution in [3.05, 3.63) is 29.6 Å². The first kappa shape index (κ1) is 17.0. The molecule has 1 aromatic rings. The number of hydrogen-bond acceptors (Lipinski definition) is 2. The van der Waals surface area contributed by atoms with Gasteiger partial charge in [0.2, 0.25) is 0 Å². The summed E-state index contributed by atoms with van der Waals surface area (Å²) < 4.78 is 14.3. The lowest BCUT2D eigenvalue weighted by Crippen LogP contribution is -2.29. The Hall–Kier alpha value is -1.09. The monoisotopic (exact) mass is 280 g/mol. The van der Waals surface area contributed by atoms with Gasteiger partial charge in [0.1, 0.15) is 5.82 Å². The van der Waals surface area contributed by atoms with Gasteiger partial charge in [-0.05, 0) is 50.9 Å². The lowest BCUT2D eigenvalue weighted by Gasteiger charge is -2.27. The van der Waals surface area contributed by atoms with Gasteiger partial charge >= 0.3 is 0 Å². The molecule has 20 heavy (non-hydrogen) atoms. The van der Waals surface area contributed by atoms with E-state index in [4.69, 9.17) is 0 Å². The highest BCUT2D eigenvalue weighted by molar-refractivity contribution is 5.49. The highest BCUT2D eigenvalue weighted by atomic mass is 19.1. The standard InChI is InChI=1S/C17H29FN2/c1-6-8-13(3)20(5)17-10-9-15(12-16(17)18)14(4)19-11-7-2/h9-10,12-14,19H,6-8,11H2,1-5H3. The van der Waals surface area contributed by atoms with Crippen LogP contribution < -0.4 is 10.2 Å². The fraction of sp³-hybridized carbons (Fsp3) is 0.647. The van der Waals surface area contributed by atoms with E-state index in [2.05, 4.69) is 33.0 Å². The maximum atomic E-state index is 14.3. The Morgan fingerprint density at radius 2 is 1.90 bits per heavy atom. The molecule has 0 radical (unpaired) electrons. The molecule has 2 nitrogen and oxygen atoms in total. The molecular weight excluding hydrogens is 251 g/mol. The number of hydrogen-bond donors (Lipinski definition) is 1. The first-order valence-corrected chi connectivity index (χ1v) is 7.76. The van der Waals surface area contributed by atoms with Crippen LogP contribution in [0.4, 0.5) is 10.1 Å². The van der Waals surface area contributed by atoms with Crippen LogP contribution in [0, 0.1) is 5.82 Å². The summed E-state index contributed by atoms with van der Waals surface area (Å²) in [7, 11) is 1.97. The maximum Gasteiger partial charge on any atom is 0.146 e. The van der Waals surface area contributed by atoms with Crippen LogP contribution in [-0.4, -0.2) is 19.6 Å². The van der Waals surface area contributed by atoms with E-state index in [0.29, 0.717) is 11.7 Å². The van der Waals surface area contributed by atoms with Crippen molar-refractivity contribution in [2.45, 2.75) is 59.0 Å². The average molecular weight is 280 g/mol. The van der Waals surface area contributed by atoms with Gasteiger partial charge in [0, 0.05) is 19.1 Å². The van der Waals surface area contributed by atoms with Crippen LogP contribution in [0.2, 0.25) is 0 Å². The minimum atomic E-state index is -0.127. The third-order valence-corrected chi connectivity index (χ3v) is 3.92. The second-order valence-corrected chi connectivity index (χ2v) is 5.64. The molecule has 0 aliphatic heterocycles. The van der Waals surface area contributed by atoms with Crippen LogP contribution in [0.15, 0.2) is 18.2 Å². The van der Waals surface area contributed by atoms with Crippen LogP contribution in [0.5, 0.6) is 0 Å². The second kappa shape index (κ2) is 8.25. The Morgan fingerprint density at radius 1 is 1.20 bits per heavy atom. The molecule has 0 aromatic heterocycles. The summed E-state index contributed by atoms with van der Waals surface area (Å²) in [5.74, 6) is -0.127. The van der Waals surface area contributed by atoms with E-state index in [1.54, 1.807) is 6.07 Å². The summed E-state index contributed by atoms with van der Waals surface area (Å²) in [6.45, 7) is 9.46. The molecule has 0 aliphatic rings. The summed E-state index contributed by atoms with van der Waals surface area (Å²) in [6, 6.07) is 6.15. The molecule has 0 heterocycles. The Kier molecular flexibility index (Phi) is 7.00. The van der Waals surface area contributed by atoms with Crippen molar-refractivity contribution in [3.8, 4) is 0 Å². The lowest BCUT2D eigenvalue weighted by atomic mass is 10.1. The molecule has 0 saturated heterocycles. The molecule has 1 rings (SSSR count). The van der Waals surface area contributed by atoms with Crippen LogP contribution in [0.1, 0.15) is 58.6 Å². The zero-order valence-electron chi connectivity index (χ0n) is 13.5. The SMILES string of the molecule is CCCNC(C)c1ccc(N(C)C(C)CCC)c(F)c1. The van der Waals surface area contributed by atoms with Crippen molar-refractivity contribution in [3.63, 3.8) is 0 Å². The second-order valence-electron chi connectivity index (χ2n) is 5.64. The van der Waals surface area contributed by atoms with Gasteiger partial charge in [-0.3, -0.25) is 0 Å². The zero-order chi connectivity index (χ0) is 15.1. The molecule has 114 valence electrons. The molecule has 0 fully saturated rings. The number of rotatable bonds is 8. The molecule has 2 atom stereocenters. The number of benzene rings is 1. The van der Waals surface area contributed by atoms with Gasteiger partial charge in [-0.25, -0.2) is 4.39 Å². The minimum Gasteiger partial charge on any atom is -0.370 e. The van der Waals surface area contributed by atoms with Crippen molar-refractivity contribution in [1.29, 1.82) is 0 Å². The van der Waals surface area contributed by atoms with Crippen molar-refractivity contribution in [2.24, 2.45) is 0 Å². The van der Waals surface area contributed by atoms with Gasteiger partial charge in [-0.1, -0.05) is 26.3 Å². The van der Waals surface area contributed by atoms with Gasteiger partial charge in [-0.2, -0.15) is 0 Å². The topological polar surface area (TPSA) is 15.3 Å². The first-order valence-electron chi connectivity index (χ1n) is 7.76. The fourth-order valence-corrected chi connectivity index (χ4v) is 2.41. The molecule has 1 aromatic carbocycles. The summed E-state index contributed by atoms with van der Waals surface area (Å²) in [4.78, 5) is 2.03. The smallest absolute Gasteiger partial charge is 0.146 e. The Bertz CT molecular complexity index is 406. The highest BCUT2D eigenvalue weighted by Gasteiger charge is 2.15. The van der Waals surface area contributed by atoms with E-state index in [1.165, 1.54) is 0 Å². The third kappa shape index (κ3) is 4.48. The molecule has 2 unspecified atom stereocenters. The zero-order valence-corrected chi connectivity index (χ0v) is 13.5. The summed E-state index contributed by atoms with van der Waals surface area (Å²) in [5, 5.41) is 3.39. The molecule has 0 saturated carbocycles. The van der Waals surface area contributed by atoms with E-state index >= 15 is 0 Å². The molecule has 0 amide bonds. The third-order valence-electron chi connectivity index (χ3n) is 3.92. The van der Waals surface area contributed by atoms with Crippen LogP contribution >= 0.6 is 0 Å². The van der Waals surface area contributed by atoms with Crippen molar-refractivity contribution >= 4 is 5.69 Å².